The molecule has 0 radical (unpaired) electrons. The number of rotatable bonds is 7. The maximum atomic E-state index is 13.5. The Labute approximate surface area is 112 Å². The molecule has 1 N–H and O–H groups in total. The van der Waals surface area contributed by atoms with E-state index in [2.05, 4.69) is 35.1 Å². The lowest BCUT2D eigenvalue weighted by Gasteiger charge is -2.18. The van der Waals surface area contributed by atoms with Crippen molar-refractivity contribution in [2.24, 2.45) is 0 Å². The highest BCUT2D eigenvalue weighted by Gasteiger charge is 2.11. The molecule has 1 atom stereocenters. The number of unbranched alkanes of at least 4 members (excludes halogenated alkanes) is 2. The van der Waals surface area contributed by atoms with Crippen LogP contribution in [0.2, 0.25) is 0 Å². The minimum Gasteiger partial charge on any atom is -0.310 e. The van der Waals surface area contributed by atoms with Gasteiger partial charge in [0.2, 0.25) is 0 Å². The summed E-state index contributed by atoms with van der Waals surface area (Å²) >= 11 is 3.19. The van der Waals surface area contributed by atoms with Crippen LogP contribution in [0.5, 0.6) is 0 Å². The monoisotopic (exact) mass is 301 g/mol. The topological polar surface area (TPSA) is 12.0 Å². The van der Waals surface area contributed by atoms with Gasteiger partial charge in [-0.3, -0.25) is 0 Å². The van der Waals surface area contributed by atoms with Gasteiger partial charge < -0.3 is 5.32 Å². The van der Waals surface area contributed by atoms with Crippen molar-refractivity contribution in [3.63, 3.8) is 0 Å². The normalized spacial score (nSPS) is 12.7. The Morgan fingerprint density at radius 1 is 1.29 bits per heavy atom. The van der Waals surface area contributed by atoms with E-state index in [1.54, 1.807) is 12.1 Å². The Kier molecular flexibility index (Phi) is 6.75. The Balaban J connectivity index is 2.70. The van der Waals surface area contributed by atoms with Crippen molar-refractivity contribution >= 4 is 15.9 Å². The molecule has 1 rings (SSSR count). The number of nitrogens with one attached hydrogen (secondary N) is 1. The van der Waals surface area contributed by atoms with Crippen LogP contribution < -0.4 is 5.32 Å². The van der Waals surface area contributed by atoms with Crippen LogP contribution in [0.1, 0.15) is 51.1 Å². The summed E-state index contributed by atoms with van der Waals surface area (Å²) in [6, 6.07) is 5.68. The molecule has 0 aliphatic heterocycles. The van der Waals surface area contributed by atoms with Gasteiger partial charge in [0.25, 0.3) is 0 Å². The van der Waals surface area contributed by atoms with Crippen molar-refractivity contribution in [2.75, 3.05) is 6.54 Å². The third-order valence-electron chi connectivity index (χ3n) is 2.89. The first-order valence-corrected chi connectivity index (χ1v) is 7.16. The summed E-state index contributed by atoms with van der Waals surface area (Å²) in [4.78, 5) is 0. The summed E-state index contributed by atoms with van der Waals surface area (Å²) in [5.41, 5.74) is 1.05. The van der Waals surface area contributed by atoms with Crippen molar-refractivity contribution in [1.29, 1.82) is 0 Å². The van der Waals surface area contributed by atoms with Crippen LogP contribution in [0.4, 0.5) is 4.39 Å². The highest BCUT2D eigenvalue weighted by atomic mass is 79.9. The van der Waals surface area contributed by atoms with Crippen molar-refractivity contribution in [3.05, 3.63) is 34.1 Å². The van der Waals surface area contributed by atoms with Gasteiger partial charge in [0.1, 0.15) is 5.82 Å². The van der Waals surface area contributed by atoms with Gasteiger partial charge in [-0.2, -0.15) is 0 Å². The summed E-state index contributed by atoms with van der Waals surface area (Å²) in [7, 11) is 0. The molecule has 0 spiro atoms. The lowest BCUT2D eigenvalue weighted by Crippen LogP contribution is -2.21. The third-order valence-corrected chi connectivity index (χ3v) is 3.54. The molecule has 0 saturated carbocycles. The third kappa shape index (κ3) is 4.76. The second-order valence-corrected chi connectivity index (χ2v) is 5.13. The second-order valence-electron chi connectivity index (χ2n) is 4.28. The molecule has 3 heteroatoms. The lowest BCUT2D eigenvalue weighted by molar-refractivity contribution is 0.483. The predicted octanol–water partition coefficient (Wildman–Crippen LogP) is 4.82. The molecule has 1 nitrogen and oxygen atoms in total. The summed E-state index contributed by atoms with van der Waals surface area (Å²) < 4.78 is 14.0. The van der Waals surface area contributed by atoms with Gasteiger partial charge in [-0.15, -0.1) is 0 Å². The molecule has 0 heterocycles. The minimum absolute atomic E-state index is 0.180. The van der Waals surface area contributed by atoms with E-state index in [9.17, 15) is 4.39 Å². The van der Waals surface area contributed by atoms with E-state index in [1.807, 2.05) is 6.07 Å². The number of halogens is 2. The Morgan fingerprint density at radius 2 is 2.06 bits per heavy atom. The molecule has 1 unspecified atom stereocenters. The molecule has 17 heavy (non-hydrogen) atoms. The zero-order valence-electron chi connectivity index (χ0n) is 10.6. The fourth-order valence-corrected chi connectivity index (χ4v) is 2.21. The zero-order chi connectivity index (χ0) is 12.7. The molecule has 0 fully saturated rings. The molecule has 0 aromatic heterocycles. The van der Waals surface area contributed by atoms with E-state index >= 15 is 0 Å². The Bertz CT molecular complexity index is 341. The first kappa shape index (κ1) is 14.7. The van der Waals surface area contributed by atoms with Crippen LogP contribution in [-0.2, 0) is 0 Å². The standard InChI is InChI=1S/C14H21BrFN/c1-3-5-6-7-14(17-4-2)11-8-9-12(15)13(16)10-11/h8-10,14,17H,3-7H2,1-2H3. The molecule has 0 aliphatic rings. The number of benzene rings is 1. The van der Waals surface area contributed by atoms with Gasteiger partial charge in [-0.1, -0.05) is 39.2 Å². The molecule has 0 aliphatic carbocycles. The maximum absolute atomic E-state index is 13.5. The predicted molar refractivity (Wildman–Crippen MR) is 74.7 cm³/mol. The SMILES string of the molecule is CCCCCC(NCC)c1ccc(Br)c(F)c1. The number of hydrogen-bond donors (Lipinski definition) is 1. The van der Waals surface area contributed by atoms with Gasteiger partial charge in [-0.05, 0) is 46.6 Å². The van der Waals surface area contributed by atoms with Crippen molar-refractivity contribution in [2.45, 2.75) is 45.6 Å². The molecule has 1 aromatic rings. The van der Waals surface area contributed by atoms with Crippen LogP contribution in [0, 0.1) is 5.82 Å². The van der Waals surface area contributed by atoms with E-state index < -0.39 is 0 Å². The van der Waals surface area contributed by atoms with Gasteiger partial charge in [0.05, 0.1) is 4.47 Å². The van der Waals surface area contributed by atoms with Crippen LogP contribution in [0.3, 0.4) is 0 Å². The first-order valence-electron chi connectivity index (χ1n) is 6.37. The fourth-order valence-electron chi connectivity index (χ4n) is 1.96. The van der Waals surface area contributed by atoms with Gasteiger partial charge in [0, 0.05) is 6.04 Å². The summed E-state index contributed by atoms with van der Waals surface area (Å²) in [5.74, 6) is -0.180. The average Bonchev–Trinajstić information content (AvgIpc) is 2.32. The fraction of sp³-hybridized carbons (Fsp3) is 0.571. The van der Waals surface area contributed by atoms with E-state index in [4.69, 9.17) is 0 Å². The summed E-state index contributed by atoms with van der Waals surface area (Å²) in [6.07, 6.45) is 4.71. The molecule has 0 bridgehead atoms. The smallest absolute Gasteiger partial charge is 0.137 e. The highest BCUT2D eigenvalue weighted by Crippen LogP contribution is 2.24. The Morgan fingerprint density at radius 3 is 2.65 bits per heavy atom. The molecular formula is C14H21BrFN. The van der Waals surface area contributed by atoms with Crippen LogP contribution in [0.25, 0.3) is 0 Å². The maximum Gasteiger partial charge on any atom is 0.137 e. The first-order chi connectivity index (χ1) is 8.19. The van der Waals surface area contributed by atoms with Crippen molar-refractivity contribution in [1.82, 2.24) is 5.32 Å². The summed E-state index contributed by atoms with van der Waals surface area (Å²) in [6.45, 7) is 5.19. The summed E-state index contributed by atoms with van der Waals surface area (Å²) in [5, 5.41) is 3.42. The van der Waals surface area contributed by atoms with Gasteiger partial charge in [0.15, 0.2) is 0 Å². The van der Waals surface area contributed by atoms with Gasteiger partial charge >= 0.3 is 0 Å². The van der Waals surface area contributed by atoms with Crippen molar-refractivity contribution < 1.29 is 4.39 Å². The largest absolute Gasteiger partial charge is 0.310 e. The highest BCUT2D eigenvalue weighted by molar-refractivity contribution is 9.10. The molecular weight excluding hydrogens is 281 g/mol. The van der Waals surface area contributed by atoms with Crippen LogP contribution in [-0.4, -0.2) is 6.54 Å². The van der Waals surface area contributed by atoms with Crippen LogP contribution >= 0.6 is 15.9 Å². The molecule has 96 valence electrons. The van der Waals surface area contributed by atoms with E-state index in [0.717, 1.165) is 18.5 Å². The van der Waals surface area contributed by atoms with E-state index in [-0.39, 0.29) is 11.9 Å². The average molecular weight is 302 g/mol. The Hall–Kier alpha value is -0.410. The molecule has 1 aromatic carbocycles. The molecule has 0 amide bonds. The van der Waals surface area contributed by atoms with E-state index in [0.29, 0.717) is 4.47 Å². The van der Waals surface area contributed by atoms with E-state index in [1.165, 1.54) is 19.3 Å². The number of hydrogen-bond acceptors (Lipinski definition) is 1. The van der Waals surface area contributed by atoms with Crippen molar-refractivity contribution in [3.8, 4) is 0 Å². The van der Waals surface area contributed by atoms with Crippen LogP contribution in [0.15, 0.2) is 22.7 Å². The molecule has 0 saturated heterocycles. The second kappa shape index (κ2) is 7.83. The van der Waals surface area contributed by atoms with Gasteiger partial charge in [-0.25, -0.2) is 4.39 Å². The zero-order valence-corrected chi connectivity index (χ0v) is 12.2. The quantitative estimate of drug-likeness (QED) is 0.712. The lowest BCUT2D eigenvalue weighted by atomic mass is 10.0. The minimum atomic E-state index is -0.180.